The molecule has 1 aliphatic rings. The second-order valence-corrected chi connectivity index (χ2v) is 6.50. The topological polar surface area (TPSA) is 58.1 Å². The molecule has 1 saturated heterocycles. The Morgan fingerprint density at radius 1 is 0.963 bits per heavy atom. The smallest absolute Gasteiger partial charge is 0.253 e. The largest absolute Gasteiger partial charge is 0.340 e. The zero-order chi connectivity index (χ0) is 18.6. The van der Waals surface area contributed by atoms with Gasteiger partial charge in [0.1, 0.15) is 18.0 Å². The first-order valence-electron chi connectivity index (χ1n) is 8.93. The van der Waals surface area contributed by atoms with E-state index in [1.54, 1.807) is 18.2 Å². The Hall–Kier alpha value is -3.28. The summed E-state index contributed by atoms with van der Waals surface area (Å²) < 4.78 is 13.1. The fourth-order valence-corrected chi connectivity index (χ4v) is 3.15. The molecule has 0 radical (unpaired) electrons. The first kappa shape index (κ1) is 17.1. The van der Waals surface area contributed by atoms with Crippen molar-refractivity contribution in [1.82, 2.24) is 14.9 Å². The van der Waals surface area contributed by atoms with Crippen LogP contribution in [-0.2, 0) is 0 Å². The second-order valence-electron chi connectivity index (χ2n) is 6.50. The summed E-state index contributed by atoms with van der Waals surface area (Å²) in [6.45, 7) is 1.68. The van der Waals surface area contributed by atoms with Gasteiger partial charge in [0, 0.05) is 36.0 Å². The minimum absolute atomic E-state index is 0.0830. The average Bonchev–Trinajstić information content (AvgIpc) is 3.24. The van der Waals surface area contributed by atoms with Crippen LogP contribution >= 0.6 is 0 Å². The number of halogens is 1. The van der Waals surface area contributed by atoms with E-state index in [1.807, 2.05) is 29.2 Å². The number of anilines is 2. The highest BCUT2D eigenvalue weighted by atomic mass is 19.1. The summed E-state index contributed by atoms with van der Waals surface area (Å²) in [7, 11) is 0. The molecule has 0 spiro atoms. The summed E-state index contributed by atoms with van der Waals surface area (Å²) in [5.74, 6) is 0.428. The third-order valence-corrected chi connectivity index (χ3v) is 4.60. The van der Waals surface area contributed by atoms with Crippen molar-refractivity contribution < 1.29 is 9.18 Å². The van der Waals surface area contributed by atoms with Crippen LogP contribution in [0.2, 0.25) is 0 Å². The molecule has 1 fully saturated rings. The van der Waals surface area contributed by atoms with Crippen molar-refractivity contribution in [2.45, 2.75) is 12.8 Å². The number of rotatable bonds is 4. The molecule has 1 amide bonds. The van der Waals surface area contributed by atoms with E-state index in [-0.39, 0.29) is 11.7 Å². The van der Waals surface area contributed by atoms with Crippen LogP contribution in [0.5, 0.6) is 0 Å². The fraction of sp³-hybridized carbons (Fsp3) is 0.190. The summed E-state index contributed by atoms with van der Waals surface area (Å²) >= 11 is 0. The molecular weight excluding hydrogens is 343 g/mol. The molecule has 4 rings (SSSR count). The van der Waals surface area contributed by atoms with Crippen LogP contribution in [0, 0.1) is 5.82 Å². The number of hydrogen-bond acceptors (Lipinski definition) is 4. The number of hydrogen-bond donors (Lipinski definition) is 1. The Kier molecular flexibility index (Phi) is 4.78. The van der Waals surface area contributed by atoms with Gasteiger partial charge in [-0.05, 0) is 61.4 Å². The number of amides is 1. The van der Waals surface area contributed by atoms with Crippen LogP contribution in [0.4, 0.5) is 15.9 Å². The molecule has 1 aromatic heterocycles. The van der Waals surface area contributed by atoms with Crippen molar-refractivity contribution in [1.29, 1.82) is 0 Å². The number of carbonyl (C=O) groups excluding carboxylic acids is 1. The van der Waals surface area contributed by atoms with E-state index in [1.165, 1.54) is 18.5 Å². The number of likely N-dealkylation sites (tertiary alicyclic amines) is 1. The number of aromatic nitrogens is 2. The number of carbonyl (C=O) groups is 1. The summed E-state index contributed by atoms with van der Waals surface area (Å²) in [4.78, 5) is 22.8. The van der Waals surface area contributed by atoms with E-state index in [2.05, 4.69) is 15.3 Å². The predicted molar refractivity (Wildman–Crippen MR) is 102 cm³/mol. The standard InChI is InChI=1S/C21H19FN4O/c22-17-7-3-15(4-8-17)19-13-20(24-14-23-19)25-18-9-5-16(6-10-18)21(27)26-11-1-2-12-26/h3-10,13-14H,1-2,11-12H2,(H,23,24,25). The van der Waals surface area contributed by atoms with E-state index < -0.39 is 0 Å². The van der Waals surface area contributed by atoms with Crippen molar-refractivity contribution >= 4 is 17.4 Å². The maximum atomic E-state index is 13.1. The third-order valence-electron chi connectivity index (χ3n) is 4.60. The maximum absolute atomic E-state index is 13.1. The molecule has 0 saturated carbocycles. The quantitative estimate of drug-likeness (QED) is 0.753. The Labute approximate surface area is 156 Å². The van der Waals surface area contributed by atoms with Crippen LogP contribution in [-0.4, -0.2) is 33.9 Å². The lowest BCUT2D eigenvalue weighted by molar-refractivity contribution is 0.0793. The van der Waals surface area contributed by atoms with Gasteiger partial charge in [-0.15, -0.1) is 0 Å². The van der Waals surface area contributed by atoms with Gasteiger partial charge in [0.25, 0.3) is 5.91 Å². The summed E-state index contributed by atoms with van der Waals surface area (Å²) in [6, 6.07) is 15.3. The summed E-state index contributed by atoms with van der Waals surface area (Å²) in [6.07, 6.45) is 3.62. The van der Waals surface area contributed by atoms with E-state index in [0.717, 1.165) is 37.2 Å². The second kappa shape index (κ2) is 7.53. The lowest BCUT2D eigenvalue weighted by Crippen LogP contribution is -2.27. The maximum Gasteiger partial charge on any atom is 0.253 e. The van der Waals surface area contributed by atoms with Crippen LogP contribution in [0.25, 0.3) is 11.3 Å². The van der Waals surface area contributed by atoms with E-state index in [4.69, 9.17) is 0 Å². The Bertz CT molecular complexity index is 935. The molecule has 5 nitrogen and oxygen atoms in total. The van der Waals surface area contributed by atoms with Crippen LogP contribution in [0.1, 0.15) is 23.2 Å². The Morgan fingerprint density at radius 3 is 2.37 bits per heavy atom. The van der Waals surface area contributed by atoms with Crippen molar-refractivity contribution in [3.05, 3.63) is 72.3 Å². The number of benzene rings is 2. The molecular formula is C21H19FN4O. The molecule has 1 N–H and O–H groups in total. The SMILES string of the molecule is O=C(c1ccc(Nc2cc(-c3ccc(F)cc3)ncn2)cc1)N1CCCC1. The molecule has 1 aliphatic heterocycles. The minimum atomic E-state index is -0.283. The molecule has 0 unspecified atom stereocenters. The van der Waals surface area contributed by atoms with Gasteiger partial charge in [0.15, 0.2) is 0 Å². The zero-order valence-corrected chi connectivity index (χ0v) is 14.7. The van der Waals surface area contributed by atoms with Gasteiger partial charge in [-0.3, -0.25) is 4.79 Å². The van der Waals surface area contributed by atoms with Crippen LogP contribution < -0.4 is 5.32 Å². The van der Waals surface area contributed by atoms with Gasteiger partial charge in [-0.1, -0.05) is 0 Å². The molecule has 136 valence electrons. The number of nitrogens with zero attached hydrogens (tertiary/aromatic N) is 3. The molecule has 0 bridgehead atoms. The Morgan fingerprint density at radius 2 is 1.67 bits per heavy atom. The van der Waals surface area contributed by atoms with E-state index in [0.29, 0.717) is 17.1 Å². The Balaban J connectivity index is 1.48. The molecule has 27 heavy (non-hydrogen) atoms. The molecule has 0 atom stereocenters. The van der Waals surface area contributed by atoms with Gasteiger partial charge < -0.3 is 10.2 Å². The van der Waals surface area contributed by atoms with Crippen molar-refractivity contribution in [2.75, 3.05) is 18.4 Å². The average molecular weight is 362 g/mol. The monoisotopic (exact) mass is 362 g/mol. The normalized spacial score (nSPS) is 13.6. The molecule has 6 heteroatoms. The van der Waals surface area contributed by atoms with Gasteiger partial charge in [0.05, 0.1) is 5.69 Å². The minimum Gasteiger partial charge on any atom is -0.340 e. The predicted octanol–water partition coefficient (Wildman–Crippen LogP) is 4.26. The molecule has 3 aromatic rings. The summed E-state index contributed by atoms with van der Waals surface area (Å²) in [5, 5.41) is 3.21. The van der Waals surface area contributed by atoms with Crippen LogP contribution in [0.15, 0.2) is 60.9 Å². The van der Waals surface area contributed by atoms with Crippen LogP contribution in [0.3, 0.4) is 0 Å². The lowest BCUT2D eigenvalue weighted by Gasteiger charge is -2.15. The lowest BCUT2D eigenvalue weighted by atomic mass is 10.1. The highest BCUT2D eigenvalue weighted by Crippen LogP contribution is 2.22. The van der Waals surface area contributed by atoms with Gasteiger partial charge in [0.2, 0.25) is 0 Å². The molecule has 2 heterocycles. The van der Waals surface area contributed by atoms with Gasteiger partial charge >= 0.3 is 0 Å². The highest BCUT2D eigenvalue weighted by Gasteiger charge is 2.19. The van der Waals surface area contributed by atoms with E-state index >= 15 is 0 Å². The zero-order valence-electron chi connectivity index (χ0n) is 14.7. The number of nitrogens with one attached hydrogen (secondary N) is 1. The first-order valence-corrected chi connectivity index (χ1v) is 8.93. The van der Waals surface area contributed by atoms with E-state index in [9.17, 15) is 9.18 Å². The van der Waals surface area contributed by atoms with Gasteiger partial charge in [-0.2, -0.15) is 0 Å². The summed E-state index contributed by atoms with van der Waals surface area (Å²) in [5.41, 5.74) is 3.04. The van der Waals surface area contributed by atoms with Crippen molar-refractivity contribution in [2.24, 2.45) is 0 Å². The van der Waals surface area contributed by atoms with Crippen molar-refractivity contribution in [3.63, 3.8) is 0 Å². The molecule has 0 aliphatic carbocycles. The molecule has 2 aromatic carbocycles. The fourth-order valence-electron chi connectivity index (χ4n) is 3.15. The van der Waals surface area contributed by atoms with Gasteiger partial charge in [-0.25, -0.2) is 14.4 Å². The first-order chi connectivity index (χ1) is 13.2. The third kappa shape index (κ3) is 3.95. The van der Waals surface area contributed by atoms with Crippen molar-refractivity contribution in [3.8, 4) is 11.3 Å². The highest BCUT2D eigenvalue weighted by molar-refractivity contribution is 5.94.